The van der Waals surface area contributed by atoms with Crippen molar-refractivity contribution in [3.8, 4) is 0 Å². The number of allylic oxidation sites excluding steroid dienone is 2. The van der Waals surface area contributed by atoms with Crippen LogP contribution in [0.5, 0.6) is 0 Å². The quantitative estimate of drug-likeness (QED) is 0.661. The zero-order chi connectivity index (χ0) is 14.1. The minimum Gasteiger partial charge on any atom is -0.267 e. The predicted octanol–water partition coefficient (Wildman–Crippen LogP) is 3.49. The Morgan fingerprint density at radius 3 is 2.70 bits per heavy atom. The summed E-state index contributed by atoms with van der Waals surface area (Å²) < 4.78 is 0. The van der Waals surface area contributed by atoms with Gasteiger partial charge in [0, 0.05) is 17.2 Å². The second-order valence-electron chi connectivity index (χ2n) is 5.96. The van der Waals surface area contributed by atoms with E-state index in [2.05, 4.69) is 36.5 Å². The number of hydrogen-bond donors (Lipinski definition) is 1. The van der Waals surface area contributed by atoms with Crippen LogP contribution in [0.1, 0.15) is 48.5 Å². The lowest BCUT2D eigenvalue weighted by Gasteiger charge is -2.31. The van der Waals surface area contributed by atoms with E-state index in [9.17, 15) is 4.79 Å². The first-order valence-corrected chi connectivity index (χ1v) is 7.28. The van der Waals surface area contributed by atoms with E-state index in [4.69, 9.17) is 0 Å². The molecule has 2 aliphatic carbocycles. The van der Waals surface area contributed by atoms with Crippen LogP contribution in [-0.2, 0) is 0 Å². The van der Waals surface area contributed by atoms with E-state index in [0.29, 0.717) is 23.3 Å². The van der Waals surface area contributed by atoms with Gasteiger partial charge < -0.3 is 0 Å². The second kappa shape index (κ2) is 5.23. The summed E-state index contributed by atoms with van der Waals surface area (Å²) in [5, 5.41) is 4.28. The molecule has 0 spiro atoms. The molecule has 1 aromatic carbocycles. The Morgan fingerprint density at radius 2 is 2.05 bits per heavy atom. The lowest BCUT2D eigenvalue weighted by Crippen LogP contribution is -2.35. The lowest BCUT2D eigenvalue weighted by atomic mass is 9.74. The molecule has 3 nitrogen and oxygen atoms in total. The van der Waals surface area contributed by atoms with E-state index < -0.39 is 0 Å². The van der Waals surface area contributed by atoms with Crippen molar-refractivity contribution in [2.45, 2.75) is 32.6 Å². The van der Waals surface area contributed by atoms with Crippen LogP contribution < -0.4 is 5.43 Å². The van der Waals surface area contributed by atoms with Gasteiger partial charge in [0.25, 0.3) is 5.91 Å². The van der Waals surface area contributed by atoms with Gasteiger partial charge in [-0.05, 0) is 42.4 Å². The van der Waals surface area contributed by atoms with Gasteiger partial charge >= 0.3 is 0 Å². The first-order valence-electron chi connectivity index (χ1n) is 7.28. The molecule has 2 atom stereocenters. The molecule has 0 radical (unpaired) electrons. The van der Waals surface area contributed by atoms with Crippen molar-refractivity contribution in [2.24, 2.45) is 16.9 Å². The number of carbonyl (C=O) groups is 1. The third-order valence-electron chi connectivity index (χ3n) is 4.30. The van der Waals surface area contributed by atoms with Gasteiger partial charge in [0.15, 0.2) is 0 Å². The average Bonchev–Trinajstić information content (AvgIpc) is 2.80. The van der Waals surface area contributed by atoms with Crippen molar-refractivity contribution < 1.29 is 4.79 Å². The van der Waals surface area contributed by atoms with Crippen molar-refractivity contribution in [2.75, 3.05) is 0 Å². The van der Waals surface area contributed by atoms with E-state index >= 15 is 0 Å². The molecule has 3 heteroatoms. The van der Waals surface area contributed by atoms with Crippen LogP contribution in [0.15, 0.2) is 41.5 Å². The molecular formula is C17H20N2O. The highest BCUT2D eigenvalue weighted by molar-refractivity contribution is 5.98. The molecule has 20 heavy (non-hydrogen) atoms. The third-order valence-corrected chi connectivity index (χ3v) is 4.30. The van der Waals surface area contributed by atoms with E-state index in [0.717, 1.165) is 18.6 Å². The summed E-state index contributed by atoms with van der Waals surface area (Å²) in [7, 11) is 0. The van der Waals surface area contributed by atoms with Gasteiger partial charge in [0.1, 0.15) is 0 Å². The number of carbonyl (C=O) groups excluding carboxylic acids is 1. The summed E-state index contributed by atoms with van der Waals surface area (Å²) in [6, 6.07) is 7.75. The number of hydrogen-bond acceptors (Lipinski definition) is 2. The Labute approximate surface area is 119 Å². The van der Waals surface area contributed by atoms with Gasteiger partial charge in [-0.2, -0.15) is 5.10 Å². The number of nitrogens with zero attached hydrogens (tertiary/aromatic N) is 1. The Bertz CT molecular complexity index is 569. The summed E-state index contributed by atoms with van der Waals surface area (Å²) >= 11 is 0. The smallest absolute Gasteiger partial charge is 0.267 e. The molecule has 0 saturated heterocycles. The number of rotatable bonds is 3. The summed E-state index contributed by atoms with van der Waals surface area (Å²) in [6.45, 7) is 4.29. The third kappa shape index (κ3) is 2.40. The van der Waals surface area contributed by atoms with Crippen molar-refractivity contribution in [1.82, 2.24) is 5.43 Å². The van der Waals surface area contributed by atoms with Crippen LogP contribution in [0.4, 0.5) is 0 Å². The predicted molar refractivity (Wildman–Crippen MR) is 80.8 cm³/mol. The highest BCUT2D eigenvalue weighted by Gasteiger charge is 2.37. The fourth-order valence-electron chi connectivity index (χ4n) is 2.87. The molecule has 0 heterocycles. The van der Waals surface area contributed by atoms with Gasteiger partial charge in [0.2, 0.25) is 0 Å². The Hall–Kier alpha value is -1.90. The maximum absolute atomic E-state index is 12.0. The van der Waals surface area contributed by atoms with Gasteiger partial charge in [0.05, 0.1) is 0 Å². The van der Waals surface area contributed by atoms with Crippen molar-refractivity contribution in [3.05, 3.63) is 47.5 Å². The zero-order valence-corrected chi connectivity index (χ0v) is 12.0. The molecule has 0 aliphatic heterocycles. The highest BCUT2D eigenvalue weighted by atomic mass is 16.2. The molecule has 3 rings (SSSR count). The van der Waals surface area contributed by atoms with Crippen LogP contribution in [0, 0.1) is 11.8 Å². The SMILES string of the molecule is CC(C)c1ccc(C(=O)NN=C2CC3C=CCC23)cc1. The summed E-state index contributed by atoms with van der Waals surface area (Å²) in [4.78, 5) is 12.0. The molecule has 0 aromatic heterocycles. The zero-order valence-electron chi connectivity index (χ0n) is 12.0. The standard InChI is InChI=1S/C17H20N2O/c1-11(2)12-6-8-13(9-7-12)17(20)19-18-16-10-14-4-3-5-15(14)16/h3-4,6-9,11,14-15H,5,10H2,1-2H3,(H,19,20). The van der Waals surface area contributed by atoms with Crippen LogP contribution in [0.3, 0.4) is 0 Å². The molecular weight excluding hydrogens is 248 g/mol. The van der Waals surface area contributed by atoms with Crippen molar-refractivity contribution in [1.29, 1.82) is 0 Å². The fraction of sp³-hybridized carbons (Fsp3) is 0.412. The molecule has 1 fully saturated rings. The monoisotopic (exact) mass is 268 g/mol. The van der Waals surface area contributed by atoms with Crippen LogP contribution in [0.2, 0.25) is 0 Å². The number of hydrazone groups is 1. The fourth-order valence-corrected chi connectivity index (χ4v) is 2.87. The normalized spacial score (nSPS) is 25.6. The van der Waals surface area contributed by atoms with Crippen molar-refractivity contribution >= 4 is 11.6 Å². The molecule has 1 saturated carbocycles. The van der Waals surface area contributed by atoms with E-state index in [-0.39, 0.29) is 5.91 Å². The summed E-state index contributed by atoms with van der Waals surface area (Å²) in [6.07, 6.45) is 6.54. The largest absolute Gasteiger partial charge is 0.271 e. The lowest BCUT2D eigenvalue weighted by molar-refractivity contribution is 0.0954. The maximum Gasteiger partial charge on any atom is 0.271 e. The first kappa shape index (κ1) is 13.1. The average molecular weight is 268 g/mol. The Morgan fingerprint density at radius 1 is 1.30 bits per heavy atom. The Kier molecular flexibility index (Phi) is 3.43. The minimum atomic E-state index is -0.123. The molecule has 1 aromatic rings. The molecule has 2 unspecified atom stereocenters. The highest BCUT2D eigenvalue weighted by Crippen LogP contribution is 2.40. The molecule has 1 amide bonds. The second-order valence-corrected chi connectivity index (χ2v) is 5.96. The first-order chi connectivity index (χ1) is 9.65. The van der Waals surface area contributed by atoms with Crippen molar-refractivity contribution in [3.63, 3.8) is 0 Å². The van der Waals surface area contributed by atoms with Gasteiger partial charge in [-0.25, -0.2) is 5.43 Å². The molecule has 2 aliphatic rings. The van der Waals surface area contributed by atoms with Gasteiger partial charge in [-0.15, -0.1) is 0 Å². The van der Waals surface area contributed by atoms with Crippen LogP contribution in [-0.4, -0.2) is 11.6 Å². The van der Waals surface area contributed by atoms with E-state index in [1.54, 1.807) is 0 Å². The molecule has 0 bridgehead atoms. The van der Waals surface area contributed by atoms with Gasteiger partial charge in [-0.3, -0.25) is 4.79 Å². The minimum absolute atomic E-state index is 0.123. The molecule has 104 valence electrons. The summed E-state index contributed by atoms with van der Waals surface area (Å²) in [5.41, 5.74) is 5.72. The molecule has 1 N–H and O–H groups in total. The Balaban J connectivity index is 1.61. The number of benzene rings is 1. The summed E-state index contributed by atoms with van der Waals surface area (Å²) in [5.74, 6) is 1.56. The van der Waals surface area contributed by atoms with E-state index in [1.165, 1.54) is 5.56 Å². The number of nitrogens with one attached hydrogen (secondary N) is 1. The number of amides is 1. The van der Waals surface area contributed by atoms with Crippen LogP contribution in [0.25, 0.3) is 0 Å². The van der Waals surface area contributed by atoms with E-state index in [1.807, 2.05) is 24.3 Å². The van der Waals surface area contributed by atoms with Crippen LogP contribution >= 0.6 is 0 Å². The topological polar surface area (TPSA) is 41.5 Å². The maximum atomic E-state index is 12.0. The number of fused-ring (bicyclic) bond motifs is 1. The van der Waals surface area contributed by atoms with Gasteiger partial charge in [-0.1, -0.05) is 38.1 Å².